The van der Waals surface area contributed by atoms with Gasteiger partial charge in [-0.2, -0.15) is 0 Å². The van der Waals surface area contributed by atoms with Crippen molar-refractivity contribution < 1.29 is 4.79 Å². The van der Waals surface area contributed by atoms with Crippen LogP contribution in [0.2, 0.25) is 0 Å². The van der Waals surface area contributed by atoms with Crippen molar-refractivity contribution in [3.63, 3.8) is 0 Å². The van der Waals surface area contributed by atoms with Crippen LogP contribution in [-0.4, -0.2) is 19.0 Å². The summed E-state index contributed by atoms with van der Waals surface area (Å²) in [6, 6.07) is 0. The first-order valence-corrected chi connectivity index (χ1v) is 6.02. The Balaban J connectivity index is 3.74. The van der Waals surface area contributed by atoms with Gasteiger partial charge in [-0.15, -0.1) is 12.3 Å². The molecule has 0 radical (unpaired) electrons. The van der Waals surface area contributed by atoms with E-state index in [2.05, 4.69) is 25.1 Å². The second-order valence-corrected chi connectivity index (χ2v) is 4.42. The van der Waals surface area contributed by atoms with Crippen molar-refractivity contribution in [1.29, 1.82) is 0 Å². The van der Waals surface area contributed by atoms with Gasteiger partial charge in [0, 0.05) is 19.4 Å². The van der Waals surface area contributed by atoms with Gasteiger partial charge in [-0.25, -0.2) is 0 Å². The van der Waals surface area contributed by atoms with Gasteiger partial charge in [-0.3, -0.25) is 4.79 Å². The normalized spacial score (nSPS) is 12.2. The fourth-order valence-corrected chi connectivity index (χ4v) is 1.70. The Kier molecular flexibility index (Phi) is 8.65. The first kappa shape index (κ1) is 15.0. The van der Waals surface area contributed by atoms with Gasteiger partial charge in [-0.1, -0.05) is 13.8 Å². The average Bonchev–Trinajstić information content (AvgIpc) is 2.24. The van der Waals surface area contributed by atoms with Crippen LogP contribution in [0.15, 0.2) is 0 Å². The van der Waals surface area contributed by atoms with E-state index in [0.29, 0.717) is 37.8 Å². The maximum absolute atomic E-state index is 11.4. The summed E-state index contributed by atoms with van der Waals surface area (Å²) in [5.41, 5.74) is 5.55. The maximum Gasteiger partial charge on any atom is 0.220 e. The minimum Gasteiger partial charge on any atom is -0.355 e. The third-order valence-electron chi connectivity index (χ3n) is 2.81. The summed E-state index contributed by atoms with van der Waals surface area (Å²) >= 11 is 0. The van der Waals surface area contributed by atoms with Crippen molar-refractivity contribution in [2.45, 2.75) is 39.5 Å². The molecule has 0 aliphatic heterocycles. The summed E-state index contributed by atoms with van der Waals surface area (Å²) in [5, 5.41) is 2.81. The molecule has 3 nitrogen and oxygen atoms in total. The van der Waals surface area contributed by atoms with Crippen molar-refractivity contribution in [1.82, 2.24) is 5.32 Å². The lowest BCUT2D eigenvalue weighted by atomic mass is 9.88. The van der Waals surface area contributed by atoms with E-state index >= 15 is 0 Å². The predicted molar refractivity (Wildman–Crippen MR) is 67.7 cm³/mol. The molecule has 3 N–H and O–H groups in total. The Morgan fingerprint density at radius 1 is 1.44 bits per heavy atom. The number of nitrogens with two attached hydrogens (primary N) is 1. The number of hydrogen-bond donors (Lipinski definition) is 2. The zero-order valence-electron chi connectivity index (χ0n) is 10.5. The minimum absolute atomic E-state index is 0.0953. The Morgan fingerprint density at radius 3 is 2.62 bits per heavy atom. The topological polar surface area (TPSA) is 55.1 Å². The summed E-state index contributed by atoms with van der Waals surface area (Å²) in [6.45, 7) is 5.63. The van der Waals surface area contributed by atoms with Crippen LogP contribution in [0.4, 0.5) is 0 Å². The van der Waals surface area contributed by atoms with Crippen LogP contribution in [-0.2, 0) is 4.79 Å². The molecule has 0 aliphatic carbocycles. The number of amides is 1. The second kappa shape index (κ2) is 9.23. The lowest BCUT2D eigenvalue weighted by Gasteiger charge is -2.19. The fourth-order valence-electron chi connectivity index (χ4n) is 1.70. The number of rotatable bonds is 8. The highest BCUT2D eigenvalue weighted by atomic mass is 16.1. The Morgan fingerprint density at radius 2 is 2.12 bits per heavy atom. The molecule has 16 heavy (non-hydrogen) atoms. The highest BCUT2D eigenvalue weighted by molar-refractivity contribution is 5.75. The predicted octanol–water partition coefficient (Wildman–Crippen LogP) is 1.53. The highest BCUT2D eigenvalue weighted by Gasteiger charge is 2.13. The Bertz CT molecular complexity index is 231. The van der Waals surface area contributed by atoms with E-state index in [0.717, 1.165) is 12.8 Å². The van der Waals surface area contributed by atoms with Crippen LogP contribution in [0, 0.1) is 24.2 Å². The Labute approximate surface area is 99.2 Å². The lowest BCUT2D eigenvalue weighted by Crippen LogP contribution is -2.25. The van der Waals surface area contributed by atoms with Gasteiger partial charge in [0.25, 0.3) is 0 Å². The molecule has 92 valence electrons. The molecular formula is C13H24N2O. The van der Waals surface area contributed by atoms with Gasteiger partial charge in [0.2, 0.25) is 5.91 Å². The van der Waals surface area contributed by atoms with Gasteiger partial charge in [0.1, 0.15) is 0 Å². The average molecular weight is 224 g/mol. The summed E-state index contributed by atoms with van der Waals surface area (Å²) in [5.74, 6) is 3.72. The maximum atomic E-state index is 11.4. The van der Waals surface area contributed by atoms with Gasteiger partial charge >= 0.3 is 0 Å². The standard InChI is InChI=1S/C13H24N2O/c1-4-5-10-15-13(16)7-6-12(8-9-14)11(2)3/h1,11-12H,5-10,14H2,2-3H3,(H,15,16). The van der Waals surface area contributed by atoms with Gasteiger partial charge in [-0.05, 0) is 31.2 Å². The highest BCUT2D eigenvalue weighted by Crippen LogP contribution is 2.20. The second-order valence-electron chi connectivity index (χ2n) is 4.42. The van der Waals surface area contributed by atoms with Gasteiger partial charge in [0.15, 0.2) is 0 Å². The van der Waals surface area contributed by atoms with Crippen LogP contribution < -0.4 is 11.1 Å². The van der Waals surface area contributed by atoms with E-state index in [-0.39, 0.29) is 5.91 Å². The zero-order chi connectivity index (χ0) is 12.4. The molecule has 1 atom stereocenters. The summed E-state index contributed by atoms with van der Waals surface area (Å²) < 4.78 is 0. The van der Waals surface area contributed by atoms with Crippen molar-refractivity contribution in [2.24, 2.45) is 17.6 Å². The molecule has 1 amide bonds. The molecule has 0 aromatic heterocycles. The molecule has 1 unspecified atom stereocenters. The molecule has 0 bridgehead atoms. The molecular weight excluding hydrogens is 200 g/mol. The first-order valence-electron chi connectivity index (χ1n) is 6.02. The van der Waals surface area contributed by atoms with E-state index in [1.165, 1.54) is 0 Å². The number of hydrogen-bond acceptors (Lipinski definition) is 2. The van der Waals surface area contributed by atoms with Gasteiger partial charge < -0.3 is 11.1 Å². The third-order valence-corrected chi connectivity index (χ3v) is 2.81. The lowest BCUT2D eigenvalue weighted by molar-refractivity contribution is -0.121. The van der Waals surface area contributed by atoms with Crippen LogP contribution in [0.1, 0.15) is 39.5 Å². The summed E-state index contributed by atoms with van der Waals surface area (Å²) in [7, 11) is 0. The van der Waals surface area contributed by atoms with Crippen LogP contribution in [0.25, 0.3) is 0 Å². The van der Waals surface area contributed by atoms with E-state index in [9.17, 15) is 4.79 Å². The Hall–Kier alpha value is -1.01. The van der Waals surface area contributed by atoms with Gasteiger partial charge in [0.05, 0.1) is 0 Å². The fraction of sp³-hybridized carbons (Fsp3) is 0.769. The van der Waals surface area contributed by atoms with E-state index < -0.39 is 0 Å². The SMILES string of the molecule is C#CCCNC(=O)CCC(CCN)C(C)C. The molecule has 0 aromatic rings. The molecule has 0 rings (SSSR count). The van der Waals surface area contributed by atoms with E-state index in [4.69, 9.17) is 12.2 Å². The van der Waals surface area contributed by atoms with Crippen LogP contribution in [0.5, 0.6) is 0 Å². The number of terminal acetylenes is 1. The first-order chi connectivity index (χ1) is 7.61. The molecule has 0 saturated carbocycles. The molecule has 0 aliphatic rings. The van der Waals surface area contributed by atoms with Crippen molar-refractivity contribution in [3.8, 4) is 12.3 Å². The molecule has 0 fully saturated rings. The van der Waals surface area contributed by atoms with Crippen LogP contribution >= 0.6 is 0 Å². The molecule has 0 saturated heterocycles. The quantitative estimate of drug-likeness (QED) is 0.485. The third kappa shape index (κ3) is 7.30. The molecule has 0 aromatic carbocycles. The molecule has 0 heterocycles. The van der Waals surface area contributed by atoms with E-state index in [1.54, 1.807) is 0 Å². The van der Waals surface area contributed by atoms with Crippen molar-refractivity contribution in [3.05, 3.63) is 0 Å². The monoisotopic (exact) mass is 224 g/mol. The summed E-state index contributed by atoms with van der Waals surface area (Å²) in [6.07, 6.45) is 8.19. The number of nitrogens with one attached hydrogen (secondary N) is 1. The van der Waals surface area contributed by atoms with Crippen molar-refractivity contribution >= 4 is 5.91 Å². The van der Waals surface area contributed by atoms with Crippen LogP contribution in [0.3, 0.4) is 0 Å². The smallest absolute Gasteiger partial charge is 0.220 e. The number of carbonyl (C=O) groups is 1. The van der Waals surface area contributed by atoms with E-state index in [1.807, 2.05) is 0 Å². The largest absolute Gasteiger partial charge is 0.355 e. The molecule has 3 heteroatoms. The zero-order valence-corrected chi connectivity index (χ0v) is 10.5. The molecule has 0 spiro atoms. The minimum atomic E-state index is 0.0953. The van der Waals surface area contributed by atoms with Crippen molar-refractivity contribution in [2.75, 3.05) is 13.1 Å². The summed E-state index contributed by atoms with van der Waals surface area (Å²) in [4.78, 5) is 11.4. The number of carbonyl (C=O) groups excluding carboxylic acids is 1.